The number of phenols is 1. The van der Waals surface area contributed by atoms with Crippen molar-refractivity contribution in [2.45, 2.75) is 13.5 Å². The SMILES string of the molecule is CC(=O)Oc1ccccc1C(=O)N(Cc1ccc2c(Cl)cc(Cl)c(O)c2n1)c1ccccc1. The third-order valence-electron chi connectivity index (χ3n) is 4.92. The molecule has 166 valence electrons. The largest absolute Gasteiger partial charge is 0.504 e. The Morgan fingerprint density at radius 1 is 0.970 bits per heavy atom. The van der Waals surface area contributed by atoms with Crippen molar-refractivity contribution in [1.82, 2.24) is 4.98 Å². The molecule has 6 nitrogen and oxygen atoms in total. The second kappa shape index (κ2) is 9.48. The van der Waals surface area contributed by atoms with E-state index in [9.17, 15) is 14.7 Å². The van der Waals surface area contributed by atoms with Gasteiger partial charge >= 0.3 is 5.97 Å². The maximum absolute atomic E-state index is 13.6. The fourth-order valence-electron chi connectivity index (χ4n) is 3.41. The van der Waals surface area contributed by atoms with E-state index < -0.39 is 5.97 Å². The van der Waals surface area contributed by atoms with Gasteiger partial charge in [-0.15, -0.1) is 0 Å². The van der Waals surface area contributed by atoms with Gasteiger partial charge < -0.3 is 14.7 Å². The molecule has 0 atom stereocenters. The van der Waals surface area contributed by atoms with E-state index in [1.54, 1.807) is 48.5 Å². The number of carbonyl (C=O) groups is 2. The number of nitrogens with zero attached hydrogens (tertiary/aromatic N) is 2. The number of hydrogen-bond donors (Lipinski definition) is 1. The van der Waals surface area contributed by atoms with E-state index in [1.807, 2.05) is 18.2 Å². The van der Waals surface area contributed by atoms with Crippen molar-refractivity contribution >= 4 is 51.7 Å². The number of fused-ring (bicyclic) bond motifs is 1. The summed E-state index contributed by atoms with van der Waals surface area (Å²) in [6.07, 6.45) is 0. The number of ether oxygens (including phenoxy) is 1. The number of phenolic OH excluding ortho intramolecular Hbond substituents is 1. The predicted molar refractivity (Wildman–Crippen MR) is 128 cm³/mol. The van der Waals surface area contributed by atoms with Crippen LogP contribution in [0.25, 0.3) is 10.9 Å². The number of carbonyl (C=O) groups excluding carboxylic acids is 2. The van der Waals surface area contributed by atoms with E-state index in [1.165, 1.54) is 17.9 Å². The summed E-state index contributed by atoms with van der Waals surface area (Å²) >= 11 is 12.3. The summed E-state index contributed by atoms with van der Waals surface area (Å²) in [5.41, 5.74) is 1.59. The van der Waals surface area contributed by atoms with Gasteiger partial charge in [0.1, 0.15) is 11.3 Å². The van der Waals surface area contributed by atoms with E-state index in [2.05, 4.69) is 4.98 Å². The standard InChI is InChI=1S/C25H18Cl2N2O4/c1-15(30)33-22-10-6-5-9-19(22)25(32)29(17-7-3-2-4-8-17)14-16-11-12-18-20(26)13-21(27)24(31)23(18)28-16/h2-13,31H,14H2,1H3. The molecule has 0 bridgehead atoms. The molecular formula is C25H18Cl2N2O4. The first-order chi connectivity index (χ1) is 15.8. The Kier molecular flexibility index (Phi) is 6.49. The molecule has 1 heterocycles. The van der Waals surface area contributed by atoms with Crippen molar-refractivity contribution in [2.24, 2.45) is 0 Å². The number of esters is 1. The highest BCUT2D eigenvalue weighted by atomic mass is 35.5. The van der Waals surface area contributed by atoms with Gasteiger partial charge in [-0.3, -0.25) is 9.59 Å². The zero-order valence-electron chi connectivity index (χ0n) is 17.5. The van der Waals surface area contributed by atoms with Crippen LogP contribution in [0.2, 0.25) is 10.0 Å². The van der Waals surface area contributed by atoms with Crippen LogP contribution in [0.3, 0.4) is 0 Å². The quantitative estimate of drug-likeness (QED) is 0.279. The molecule has 0 saturated carbocycles. The molecule has 0 radical (unpaired) electrons. The lowest BCUT2D eigenvalue weighted by Crippen LogP contribution is -2.31. The molecule has 0 aliphatic carbocycles. The van der Waals surface area contributed by atoms with Crippen molar-refractivity contribution in [3.05, 3.63) is 94.1 Å². The highest BCUT2D eigenvalue weighted by molar-refractivity contribution is 6.39. The minimum Gasteiger partial charge on any atom is -0.504 e. The van der Waals surface area contributed by atoms with E-state index >= 15 is 0 Å². The normalized spacial score (nSPS) is 10.8. The topological polar surface area (TPSA) is 79.7 Å². The third-order valence-corrected chi connectivity index (χ3v) is 5.52. The van der Waals surface area contributed by atoms with Gasteiger partial charge in [0.05, 0.1) is 27.8 Å². The van der Waals surface area contributed by atoms with Gasteiger partial charge in [0.15, 0.2) is 5.75 Å². The third kappa shape index (κ3) is 4.77. The fourth-order valence-corrected chi connectivity index (χ4v) is 3.93. The van der Waals surface area contributed by atoms with Crippen LogP contribution in [0.5, 0.6) is 11.5 Å². The number of anilines is 1. The zero-order valence-corrected chi connectivity index (χ0v) is 19.0. The number of benzene rings is 3. The van der Waals surface area contributed by atoms with Gasteiger partial charge in [-0.1, -0.05) is 53.5 Å². The molecule has 1 N–H and O–H groups in total. The molecule has 1 aromatic heterocycles. The number of aromatic nitrogens is 1. The lowest BCUT2D eigenvalue weighted by molar-refractivity contribution is -0.131. The van der Waals surface area contributed by atoms with Gasteiger partial charge in [-0.05, 0) is 42.5 Å². The second-order valence-electron chi connectivity index (χ2n) is 7.20. The van der Waals surface area contributed by atoms with Gasteiger partial charge in [0.2, 0.25) is 0 Å². The van der Waals surface area contributed by atoms with Crippen molar-refractivity contribution < 1.29 is 19.4 Å². The Hall–Kier alpha value is -3.61. The smallest absolute Gasteiger partial charge is 0.308 e. The first kappa shape index (κ1) is 22.6. The molecule has 3 aromatic carbocycles. The van der Waals surface area contributed by atoms with Gasteiger partial charge in [0.25, 0.3) is 5.91 Å². The summed E-state index contributed by atoms with van der Waals surface area (Å²) in [6.45, 7) is 1.36. The summed E-state index contributed by atoms with van der Waals surface area (Å²) < 4.78 is 5.24. The van der Waals surface area contributed by atoms with Crippen LogP contribution in [0.15, 0.2) is 72.8 Å². The molecule has 0 spiro atoms. The molecule has 8 heteroatoms. The molecule has 0 fully saturated rings. The Labute approximate surface area is 200 Å². The summed E-state index contributed by atoms with van der Waals surface area (Å²) in [6, 6.07) is 20.5. The number of pyridine rings is 1. The number of para-hydroxylation sites is 2. The average molecular weight is 481 g/mol. The van der Waals surface area contributed by atoms with E-state index in [0.29, 0.717) is 21.8 Å². The lowest BCUT2D eigenvalue weighted by atomic mass is 10.1. The van der Waals surface area contributed by atoms with Gasteiger partial charge in [0, 0.05) is 18.0 Å². The van der Waals surface area contributed by atoms with Crippen molar-refractivity contribution in [3.63, 3.8) is 0 Å². The lowest BCUT2D eigenvalue weighted by Gasteiger charge is -2.24. The first-order valence-corrected chi connectivity index (χ1v) is 10.7. The Balaban J connectivity index is 1.78. The molecule has 33 heavy (non-hydrogen) atoms. The number of amides is 1. The van der Waals surface area contributed by atoms with Crippen LogP contribution in [-0.4, -0.2) is 22.0 Å². The number of halogens is 2. The molecule has 0 saturated heterocycles. The predicted octanol–water partition coefficient (Wildman–Crippen LogP) is 6.02. The second-order valence-corrected chi connectivity index (χ2v) is 8.02. The van der Waals surface area contributed by atoms with Crippen molar-refractivity contribution in [3.8, 4) is 11.5 Å². The van der Waals surface area contributed by atoms with Crippen LogP contribution in [0.1, 0.15) is 23.0 Å². The van der Waals surface area contributed by atoms with Crippen LogP contribution < -0.4 is 9.64 Å². The fraction of sp³-hybridized carbons (Fsp3) is 0.0800. The molecule has 4 aromatic rings. The maximum atomic E-state index is 13.6. The van der Waals surface area contributed by atoms with Crippen LogP contribution in [0, 0.1) is 0 Å². The summed E-state index contributed by atoms with van der Waals surface area (Å²) in [5.74, 6) is -0.926. The minimum atomic E-state index is -0.526. The molecule has 4 rings (SSSR count). The van der Waals surface area contributed by atoms with E-state index in [0.717, 1.165) is 0 Å². The van der Waals surface area contributed by atoms with Crippen LogP contribution in [0.4, 0.5) is 5.69 Å². The highest BCUT2D eigenvalue weighted by Gasteiger charge is 2.23. The summed E-state index contributed by atoms with van der Waals surface area (Å²) in [5, 5.41) is 11.4. The molecule has 1 amide bonds. The number of rotatable bonds is 5. The monoisotopic (exact) mass is 480 g/mol. The Morgan fingerprint density at radius 3 is 2.39 bits per heavy atom. The van der Waals surface area contributed by atoms with E-state index in [-0.39, 0.29) is 40.1 Å². The highest BCUT2D eigenvalue weighted by Crippen LogP contribution is 2.36. The molecule has 0 aliphatic rings. The van der Waals surface area contributed by atoms with E-state index in [4.69, 9.17) is 27.9 Å². The average Bonchev–Trinajstić information content (AvgIpc) is 2.81. The molecule has 0 unspecified atom stereocenters. The Morgan fingerprint density at radius 2 is 1.67 bits per heavy atom. The van der Waals surface area contributed by atoms with Crippen molar-refractivity contribution in [2.75, 3.05) is 4.90 Å². The Bertz CT molecular complexity index is 1360. The summed E-state index contributed by atoms with van der Waals surface area (Å²) in [4.78, 5) is 31.2. The van der Waals surface area contributed by atoms with Crippen molar-refractivity contribution in [1.29, 1.82) is 0 Å². The first-order valence-electron chi connectivity index (χ1n) is 9.96. The number of aromatic hydroxyl groups is 1. The van der Waals surface area contributed by atoms with Gasteiger partial charge in [-0.2, -0.15) is 0 Å². The summed E-state index contributed by atoms with van der Waals surface area (Å²) in [7, 11) is 0. The van der Waals surface area contributed by atoms with Gasteiger partial charge in [-0.25, -0.2) is 4.98 Å². The zero-order chi connectivity index (χ0) is 23.5. The molecular weight excluding hydrogens is 463 g/mol. The molecule has 0 aliphatic heterocycles. The maximum Gasteiger partial charge on any atom is 0.308 e. The minimum absolute atomic E-state index is 0.0801. The van der Waals surface area contributed by atoms with Crippen LogP contribution in [-0.2, 0) is 11.3 Å². The van der Waals surface area contributed by atoms with Crippen LogP contribution >= 0.6 is 23.2 Å². The number of hydrogen-bond acceptors (Lipinski definition) is 5.